The molecule has 1 aliphatic rings. The highest BCUT2D eigenvalue weighted by molar-refractivity contribution is 9.10. The fraction of sp³-hybridized carbons (Fsp3) is 0.600. The maximum absolute atomic E-state index is 5.74. The molecule has 16 heavy (non-hydrogen) atoms. The third-order valence-corrected chi connectivity index (χ3v) is 3.57. The summed E-state index contributed by atoms with van der Waals surface area (Å²) in [4.78, 5) is 10.4. The van der Waals surface area contributed by atoms with Crippen molar-refractivity contribution in [2.75, 3.05) is 30.8 Å². The van der Waals surface area contributed by atoms with Crippen LogP contribution >= 0.6 is 15.9 Å². The molecule has 0 bridgehead atoms. The molecule has 2 rings (SSSR count). The summed E-state index contributed by atoms with van der Waals surface area (Å²) in [6, 6.07) is 0. The second kappa shape index (κ2) is 4.97. The van der Waals surface area contributed by atoms with Crippen LogP contribution in [0.2, 0.25) is 0 Å². The van der Waals surface area contributed by atoms with Crippen molar-refractivity contribution in [2.24, 2.45) is 0 Å². The fourth-order valence-corrected chi connectivity index (χ4v) is 2.37. The Morgan fingerprint density at radius 3 is 3.12 bits per heavy atom. The summed E-state index contributed by atoms with van der Waals surface area (Å²) in [6.07, 6.45) is 3.98. The van der Waals surface area contributed by atoms with Gasteiger partial charge in [0.05, 0.1) is 6.10 Å². The van der Waals surface area contributed by atoms with E-state index in [4.69, 9.17) is 10.5 Å². The molecule has 0 spiro atoms. The number of methoxy groups -OCH3 is 1. The van der Waals surface area contributed by atoms with Crippen LogP contribution in [-0.2, 0) is 4.74 Å². The van der Waals surface area contributed by atoms with Gasteiger partial charge in [-0.05, 0) is 28.8 Å². The number of piperidine rings is 1. The van der Waals surface area contributed by atoms with Gasteiger partial charge < -0.3 is 15.4 Å². The van der Waals surface area contributed by atoms with Crippen molar-refractivity contribution in [2.45, 2.75) is 18.9 Å². The molecule has 5 nitrogen and oxygen atoms in total. The molecule has 0 aromatic carbocycles. The number of aromatic nitrogens is 2. The predicted molar refractivity (Wildman–Crippen MR) is 66.4 cm³/mol. The summed E-state index contributed by atoms with van der Waals surface area (Å²) in [5.41, 5.74) is 5.74. The molecule has 88 valence electrons. The SMILES string of the molecule is COC1CCCN(c2ncnc(N)c2Br)C1. The zero-order valence-electron chi connectivity index (χ0n) is 9.19. The number of rotatable bonds is 2. The Hall–Kier alpha value is -0.880. The lowest BCUT2D eigenvalue weighted by Gasteiger charge is -2.33. The molecule has 2 N–H and O–H groups in total. The van der Waals surface area contributed by atoms with E-state index >= 15 is 0 Å². The second-order valence-corrected chi connectivity index (χ2v) is 4.64. The first kappa shape index (κ1) is 11.6. The predicted octanol–water partition coefficient (Wildman–Crippen LogP) is 1.44. The van der Waals surface area contributed by atoms with Gasteiger partial charge in [0.25, 0.3) is 0 Å². The molecule has 1 aromatic heterocycles. The van der Waals surface area contributed by atoms with Crippen LogP contribution in [0.5, 0.6) is 0 Å². The van der Waals surface area contributed by atoms with Crippen LogP contribution in [0.3, 0.4) is 0 Å². The van der Waals surface area contributed by atoms with Crippen LogP contribution in [-0.4, -0.2) is 36.3 Å². The van der Waals surface area contributed by atoms with Gasteiger partial charge in [-0.1, -0.05) is 0 Å². The van der Waals surface area contributed by atoms with Crippen molar-refractivity contribution in [3.05, 3.63) is 10.8 Å². The standard InChI is InChI=1S/C10H15BrN4O/c1-16-7-3-2-4-15(5-7)10-8(11)9(12)13-6-14-10/h6-7H,2-5H2,1H3,(H2,12,13,14). The molecule has 6 heteroatoms. The zero-order chi connectivity index (χ0) is 11.5. The molecule has 1 unspecified atom stereocenters. The largest absolute Gasteiger partial charge is 0.383 e. The van der Waals surface area contributed by atoms with Crippen LogP contribution in [0, 0.1) is 0 Å². The summed E-state index contributed by atoms with van der Waals surface area (Å²) < 4.78 is 6.15. The number of nitrogens with two attached hydrogens (primary N) is 1. The van der Waals surface area contributed by atoms with Gasteiger partial charge in [-0.2, -0.15) is 0 Å². The van der Waals surface area contributed by atoms with Gasteiger partial charge >= 0.3 is 0 Å². The minimum absolute atomic E-state index is 0.275. The number of anilines is 2. The minimum atomic E-state index is 0.275. The third-order valence-electron chi connectivity index (χ3n) is 2.81. The van der Waals surface area contributed by atoms with Gasteiger partial charge in [0.1, 0.15) is 22.4 Å². The Labute approximate surface area is 103 Å². The van der Waals surface area contributed by atoms with E-state index in [9.17, 15) is 0 Å². The second-order valence-electron chi connectivity index (χ2n) is 3.84. The van der Waals surface area contributed by atoms with Crippen LogP contribution < -0.4 is 10.6 Å². The molecular formula is C10H15BrN4O. The van der Waals surface area contributed by atoms with Crippen molar-refractivity contribution in [3.8, 4) is 0 Å². The van der Waals surface area contributed by atoms with Gasteiger partial charge in [-0.3, -0.25) is 0 Å². The molecule has 0 saturated carbocycles. The van der Waals surface area contributed by atoms with Crippen LogP contribution in [0.4, 0.5) is 11.6 Å². The van der Waals surface area contributed by atoms with E-state index in [2.05, 4.69) is 30.8 Å². The van der Waals surface area contributed by atoms with Crippen molar-refractivity contribution in [1.29, 1.82) is 0 Å². The molecular weight excluding hydrogens is 272 g/mol. The molecule has 1 atom stereocenters. The van der Waals surface area contributed by atoms with Crippen LogP contribution in [0.15, 0.2) is 10.8 Å². The summed E-state index contributed by atoms with van der Waals surface area (Å²) >= 11 is 3.43. The van der Waals surface area contributed by atoms with Gasteiger partial charge in [0.2, 0.25) is 0 Å². The molecule has 1 fully saturated rings. The summed E-state index contributed by atoms with van der Waals surface area (Å²) in [5, 5.41) is 0. The van der Waals surface area contributed by atoms with Crippen molar-refractivity contribution in [3.63, 3.8) is 0 Å². The summed E-state index contributed by atoms with van der Waals surface area (Å²) in [6.45, 7) is 1.83. The Morgan fingerprint density at radius 2 is 2.38 bits per heavy atom. The lowest BCUT2D eigenvalue weighted by molar-refractivity contribution is 0.0891. The molecule has 1 aliphatic heterocycles. The normalized spacial score (nSPS) is 21.1. The number of hydrogen-bond acceptors (Lipinski definition) is 5. The van der Waals surface area contributed by atoms with Crippen LogP contribution in [0.25, 0.3) is 0 Å². The molecule has 0 amide bonds. The highest BCUT2D eigenvalue weighted by Crippen LogP contribution is 2.29. The quantitative estimate of drug-likeness (QED) is 0.891. The molecule has 0 radical (unpaired) electrons. The molecule has 0 aliphatic carbocycles. The Bertz CT molecular complexity index is 374. The van der Waals surface area contributed by atoms with E-state index in [-0.39, 0.29) is 6.10 Å². The van der Waals surface area contributed by atoms with Gasteiger partial charge in [0.15, 0.2) is 0 Å². The van der Waals surface area contributed by atoms with E-state index in [1.54, 1.807) is 7.11 Å². The lowest BCUT2D eigenvalue weighted by Crippen LogP contribution is -2.40. The lowest BCUT2D eigenvalue weighted by atomic mass is 10.1. The maximum atomic E-state index is 5.74. The Kier molecular flexibility index (Phi) is 3.60. The number of ether oxygens (including phenoxy) is 1. The first-order valence-electron chi connectivity index (χ1n) is 5.26. The average Bonchev–Trinajstić information content (AvgIpc) is 2.33. The first-order chi connectivity index (χ1) is 7.72. The molecule has 1 saturated heterocycles. The summed E-state index contributed by atoms with van der Waals surface area (Å²) in [7, 11) is 1.75. The first-order valence-corrected chi connectivity index (χ1v) is 6.05. The number of nitrogen functional groups attached to an aromatic ring is 1. The van der Waals surface area contributed by atoms with Crippen molar-refractivity contribution >= 4 is 27.6 Å². The van der Waals surface area contributed by atoms with Gasteiger partial charge in [-0.25, -0.2) is 9.97 Å². The number of hydrogen-bond donors (Lipinski definition) is 1. The Morgan fingerprint density at radius 1 is 1.56 bits per heavy atom. The Balaban J connectivity index is 2.20. The average molecular weight is 287 g/mol. The van der Waals surface area contributed by atoms with E-state index in [0.717, 1.165) is 36.2 Å². The highest BCUT2D eigenvalue weighted by Gasteiger charge is 2.22. The smallest absolute Gasteiger partial charge is 0.148 e. The van der Waals surface area contributed by atoms with E-state index in [1.165, 1.54) is 6.33 Å². The molecule has 2 heterocycles. The third kappa shape index (κ3) is 2.27. The van der Waals surface area contributed by atoms with E-state index < -0.39 is 0 Å². The molecule has 1 aromatic rings. The number of halogens is 1. The number of nitrogens with zero attached hydrogens (tertiary/aromatic N) is 3. The monoisotopic (exact) mass is 286 g/mol. The fourth-order valence-electron chi connectivity index (χ4n) is 1.92. The summed E-state index contributed by atoms with van der Waals surface area (Å²) in [5.74, 6) is 1.33. The van der Waals surface area contributed by atoms with Gasteiger partial charge in [-0.15, -0.1) is 0 Å². The van der Waals surface area contributed by atoms with Crippen molar-refractivity contribution in [1.82, 2.24) is 9.97 Å². The highest BCUT2D eigenvalue weighted by atomic mass is 79.9. The minimum Gasteiger partial charge on any atom is -0.383 e. The van der Waals surface area contributed by atoms with E-state index in [1.807, 2.05) is 0 Å². The van der Waals surface area contributed by atoms with Gasteiger partial charge in [0, 0.05) is 20.2 Å². The van der Waals surface area contributed by atoms with E-state index in [0.29, 0.717) is 5.82 Å². The topological polar surface area (TPSA) is 64.3 Å². The maximum Gasteiger partial charge on any atom is 0.148 e. The van der Waals surface area contributed by atoms with Crippen LogP contribution in [0.1, 0.15) is 12.8 Å². The zero-order valence-corrected chi connectivity index (χ0v) is 10.8. The van der Waals surface area contributed by atoms with Crippen molar-refractivity contribution < 1.29 is 4.74 Å².